The van der Waals surface area contributed by atoms with Gasteiger partial charge in [0.25, 0.3) is 0 Å². The van der Waals surface area contributed by atoms with Crippen molar-refractivity contribution in [2.24, 2.45) is 0 Å². The van der Waals surface area contributed by atoms with Crippen LogP contribution >= 0.6 is 0 Å². The van der Waals surface area contributed by atoms with Gasteiger partial charge in [-0.3, -0.25) is 0 Å². The lowest BCUT2D eigenvalue weighted by Gasteiger charge is -2.30. The summed E-state index contributed by atoms with van der Waals surface area (Å²) < 4.78 is 2.46. The fourth-order valence-electron chi connectivity index (χ4n) is 9.74. The van der Waals surface area contributed by atoms with E-state index in [1.807, 2.05) is 0 Å². The molecule has 240 valence electrons. The van der Waals surface area contributed by atoms with Gasteiger partial charge in [-0.15, -0.1) is 0 Å². The van der Waals surface area contributed by atoms with E-state index in [0.717, 1.165) is 16.8 Å². The molecule has 0 saturated heterocycles. The van der Waals surface area contributed by atoms with E-state index < -0.39 is 0 Å². The number of aromatic nitrogens is 2. The Morgan fingerprint density at radius 2 is 0.904 bits per heavy atom. The van der Waals surface area contributed by atoms with Crippen LogP contribution in [0.15, 0.2) is 182 Å². The van der Waals surface area contributed by atoms with Crippen LogP contribution in [0.2, 0.25) is 0 Å². The van der Waals surface area contributed by atoms with Crippen LogP contribution < -0.4 is 0 Å². The zero-order chi connectivity index (χ0) is 34.0. The molecule has 0 bridgehead atoms. The average Bonchev–Trinajstić information content (AvgIpc) is 3.82. The zero-order valence-corrected chi connectivity index (χ0v) is 28.2. The monoisotopic (exact) mass is 658 g/mol. The average molecular weight is 659 g/mol. The Morgan fingerprint density at radius 3 is 1.62 bits per heavy atom. The first-order valence-corrected chi connectivity index (χ1v) is 18.1. The SMILES string of the molecule is c1ccc2c(c1)-c1ccccc1C21c2ccccc2-c2ccc(-n3c4ccccc4c4cc(-c5nc6ccccc6c6ccccc56)ccc43)cc21. The van der Waals surface area contributed by atoms with E-state index in [4.69, 9.17) is 4.98 Å². The summed E-state index contributed by atoms with van der Waals surface area (Å²) in [5, 5.41) is 6.05. The summed E-state index contributed by atoms with van der Waals surface area (Å²) in [6, 6.07) is 67.1. The molecular formula is C50H30N2. The molecular weight excluding hydrogens is 629 g/mol. The molecule has 2 aromatic heterocycles. The van der Waals surface area contributed by atoms with Crippen molar-refractivity contribution in [3.8, 4) is 39.2 Å². The lowest BCUT2D eigenvalue weighted by atomic mass is 9.70. The van der Waals surface area contributed by atoms with Crippen molar-refractivity contribution in [1.29, 1.82) is 0 Å². The van der Waals surface area contributed by atoms with Crippen LogP contribution in [-0.4, -0.2) is 9.55 Å². The van der Waals surface area contributed by atoms with Crippen molar-refractivity contribution in [3.05, 3.63) is 204 Å². The molecule has 2 aliphatic rings. The molecule has 0 fully saturated rings. The summed E-state index contributed by atoms with van der Waals surface area (Å²) in [6.07, 6.45) is 0. The predicted molar refractivity (Wildman–Crippen MR) is 215 cm³/mol. The Labute approximate surface area is 300 Å². The van der Waals surface area contributed by atoms with Gasteiger partial charge in [0.05, 0.1) is 27.7 Å². The number of pyridine rings is 1. The molecule has 0 radical (unpaired) electrons. The number of hydrogen-bond donors (Lipinski definition) is 0. The Morgan fingerprint density at radius 1 is 0.365 bits per heavy atom. The third-order valence-corrected chi connectivity index (χ3v) is 11.8. The molecule has 0 amide bonds. The second-order valence-electron chi connectivity index (χ2n) is 14.2. The van der Waals surface area contributed by atoms with Crippen LogP contribution in [0.5, 0.6) is 0 Å². The quantitative estimate of drug-likeness (QED) is 0.169. The first-order chi connectivity index (χ1) is 25.8. The van der Waals surface area contributed by atoms with Gasteiger partial charge in [0.15, 0.2) is 0 Å². The summed E-state index contributed by atoms with van der Waals surface area (Å²) in [4.78, 5) is 5.26. The molecule has 0 saturated carbocycles. The van der Waals surface area contributed by atoms with Gasteiger partial charge in [-0.25, -0.2) is 4.98 Å². The largest absolute Gasteiger partial charge is 0.309 e. The number of para-hydroxylation sites is 2. The van der Waals surface area contributed by atoms with Crippen LogP contribution in [0.4, 0.5) is 0 Å². The third-order valence-electron chi connectivity index (χ3n) is 11.8. The normalized spacial score (nSPS) is 13.5. The summed E-state index contributed by atoms with van der Waals surface area (Å²) >= 11 is 0. The standard InChI is InChI=1S/C50H30N2/c1-2-19-40-33(13-1)38-17-6-11-23-46(38)51-49(40)31-25-28-48-41(29-31)39-18-7-12-24-47(39)52(48)32-26-27-37-36-16-5-10-22-44(36)50(45(37)30-32)42-20-8-3-14-34(42)35-15-4-9-21-43(35)50/h1-30H. The van der Waals surface area contributed by atoms with Crippen LogP contribution in [0, 0.1) is 0 Å². The number of nitrogens with zero attached hydrogens (tertiary/aromatic N) is 2. The summed E-state index contributed by atoms with van der Waals surface area (Å²) in [5.74, 6) is 0. The summed E-state index contributed by atoms with van der Waals surface area (Å²) in [6.45, 7) is 0. The molecule has 0 atom stereocenters. The Hall–Kier alpha value is -6.77. The second kappa shape index (κ2) is 10.2. The van der Waals surface area contributed by atoms with Crippen molar-refractivity contribution in [2.75, 3.05) is 0 Å². The van der Waals surface area contributed by atoms with E-state index in [1.165, 1.54) is 88.2 Å². The first-order valence-electron chi connectivity index (χ1n) is 18.1. The molecule has 1 spiro atoms. The van der Waals surface area contributed by atoms with Crippen LogP contribution in [0.3, 0.4) is 0 Å². The van der Waals surface area contributed by atoms with E-state index in [1.54, 1.807) is 0 Å². The van der Waals surface area contributed by atoms with Crippen LogP contribution in [0.25, 0.3) is 82.7 Å². The highest BCUT2D eigenvalue weighted by atomic mass is 15.0. The van der Waals surface area contributed by atoms with Crippen LogP contribution in [-0.2, 0) is 5.41 Å². The van der Waals surface area contributed by atoms with Crippen LogP contribution in [0.1, 0.15) is 22.3 Å². The molecule has 2 heteroatoms. The van der Waals surface area contributed by atoms with Gasteiger partial charge >= 0.3 is 0 Å². The van der Waals surface area contributed by atoms with Gasteiger partial charge < -0.3 is 4.57 Å². The second-order valence-corrected chi connectivity index (χ2v) is 14.2. The molecule has 12 rings (SSSR count). The van der Waals surface area contributed by atoms with Crippen molar-refractivity contribution in [3.63, 3.8) is 0 Å². The third kappa shape index (κ3) is 3.46. The minimum atomic E-state index is -0.385. The van der Waals surface area contributed by atoms with Crippen molar-refractivity contribution in [1.82, 2.24) is 9.55 Å². The maximum atomic E-state index is 5.26. The van der Waals surface area contributed by atoms with Crippen molar-refractivity contribution < 1.29 is 0 Å². The van der Waals surface area contributed by atoms with Gasteiger partial charge in [0.2, 0.25) is 0 Å². The summed E-state index contributed by atoms with van der Waals surface area (Å²) in [7, 11) is 0. The maximum Gasteiger partial charge on any atom is 0.0788 e. The minimum Gasteiger partial charge on any atom is -0.309 e. The molecule has 0 aliphatic heterocycles. The van der Waals surface area contributed by atoms with E-state index in [0.29, 0.717) is 0 Å². The predicted octanol–water partition coefficient (Wildman–Crippen LogP) is 12.5. The highest BCUT2D eigenvalue weighted by molar-refractivity contribution is 6.14. The lowest BCUT2D eigenvalue weighted by molar-refractivity contribution is 0.792. The highest BCUT2D eigenvalue weighted by Gasteiger charge is 2.51. The number of fused-ring (bicyclic) bond motifs is 16. The smallest absolute Gasteiger partial charge is 0.0788 e. The lowest BCUT2D eigenvalue weighted by Crippen LogP contribution is -2.26. The van der Waals surface area contributed by atoms with E-state index in [2.05, 4.69) is 187 Å². The molecule has 0 N–H and O–H groups in total. The number of hydrogen-bond acceptors (Lipinski definition) is 1. The fourth-order valence-corrected chi connectivity index (χ4v) is 9.74. The van der Waals surface area contributed by atoms with Gasteiger partial charge in [0, 0.05) is 32.8 Å². The molecule has 2 nitrogen and oxygen atoms in total. The molecule has 10 aromatic rings. The Balaban J connectivity index is 1.12. The molecule has 2 heterocycles. The van der Waals surface area contributed by atoms with E-state index in [9.17, 15) is 0 Å². The molecule has 8 aromatic carbocycles. The molecule has 2 aliphatic carbocycles. The molecule has 52 heavy (non-hydrogen) atoms. The molecule has 0 unspecified atom stereocenters. The first kappa shape index (κ1) is 28.0. The van der Waals surface area contributed by atoms with E-state index in [-0.39, 0.29) is 5.41 Å². The van der Waals surface area contributed by atoms with Crippen molar-refractivity contribution in [2.45, 2.75) is 5.41 Å². The summed E-state index contributed by atoms with van der Waals surface area (Å²) in [5.41, 5.74) is 17.0. The maximum absolute atomic E-state index is 5.26. The van der Waals surface area contributed by atoms with Gasteiger partial charge in [0.1, 0.15) is 0 Å². The zero-order valence-electron chi connectivity index (χ0n) is 28.2. The Bertz CT molecular complexity index is 3080. The van der Waals surface area contributed by atoms with Gasteiger partial charge in [-0.1, -0.05) is 146 Å². The van der Waals surface area contributed by atoms with Gasteiger partial charge in [-0.05, 0) is 86.3 Å². The number of benzene rings is 8. The highest BCUT2D eigenvalue weighted by Crippen LogP contribution is 2.63. The minimum absolute atomic E-state index is 0.385. The Kier molecular flexibility index (Phi) is 5.46. The topological polar surface area (TPSA) is 17.8 Å². The fraction of sp³-hybridized carbons (Fsp3) is 0.0200. The van der Waals surface area contributed by atoms with E-state index >= 15 is 0 Å². The number of rotatable bonds is 2. The van der Waals surface area contributed by atoms with Gasteiger partial charge in [-0.2, -0.15) is 0 Å². The van der Waals surface area contributed by atoms with Crippen molar-refractivity contribution >= 4 is 43.5 Å².